The van der Waals surface area contributed by atoms with Crippen LogP contribution in [-0.4, -0.2) is 37.1 Å². The number of nitrogens with zero attached hydrogens (tertiary/aromatic N) is 1. The van der Waals surface area contributed by atoms with Crippen LogP contribution in [0.25, 0.3) is 0 Å². The Kier molecular flexibility index (Phi) is 8.20. The fourth-order valence-corrected chi connectivity index (χ4v) is 2.05. The Morgan fingerprint density at radius 3 is 1.79 bits per heavy atom. The Hall–Kier alpha value is -0.0800. The highest BCUT2D eigenvalue weighted by molar-refractivity contribution is 4.75. The second kappa shape index (κ2) is 8.25. The molecule has 1 atom stereocenters. The minimum atomic E-state index is 0.694. The molecule has 14 heavy (non-hydrogen) atoms. The van der Waals surface area contributed by atoms with Crippen molar-refractivity contribution in [3.63, 3.8) is 0 Å². The van der Waals surface area contributed by atoms with Gasteiger partial charge in [-0.05, 0) is 32.9 Å². The molecule has 1 N–H and O–H groups in total. The Labute approximate surface area is 90.1 Å². The van der Waals surface area contributed by atoms with Gasteiger partial charge < -0.3 is 5.32 Å². The first kappa shape index (κ1) is 13.9. The van der Waals surface area contributed by atoms with Crippen LogP contribution in [0.15, 0.2) is 0 Å². The maximum Gasteiger partial charge on any atom is 0.0217 e. The van der Waals surface area contributed by atoms with Crippen LogP contribution in [0.4, 0.5) is 0 Å². The topological polar surface area (TPSA) is 15.3 Å². The molecule has 0 amide bonds. The summed E-state index contributed by atoms with van der Waals surface area (Å²) >= 11 is 0. The lowest BCUT2D eigenvalue weighted by atomic mass is 10.1. The summed E-state index contributed by atoms with van der Waals surface area (Å²) in [4.78, 5) is 2.54. The minimum absolute atomic E-state index is 0.694. The van der Waals surface area contributed by atoms with Crippen molar-refractivity contribution in [3.05, 3.63) is 0 Å². The Bertz CT molecular complexity index is 121. The smallest absolute Gasteiger partial charge is 0.0217 e. The van der Waals surface area contributed by atoms with Crippen molar-refractivity contribution in [3.8, 4) is 0 Å². The normalized spacial score (nSPS) is 13.9. The molecule has 0 heterocycles. The quantitative estimate of drug-likeness (QED) is 0.647. The summed E-state index contributed by atoms with van der Waals surface area (Å²) in [5.41, 5.74) is 0. The number of nitrogens with one attached hydrogen (secondary N) is 1. The molecule has 0 rings (SSSR count). The predicted octanol–water partition coefficient (Wildman–Crippen LogP) is 2.49. The zero-order valence-corrected chi connectivity index (χ0v) is 10.6. The zero-order chi connectivity index (χ0) is 11.0. The van der Waals surface area contributed by atoms with Gasteiger partial charge in [0.2, 0.25) is 0 Å². The van der Waals surface area contributed by atoms with E-state index in [1.807, 2.05) is 0 Å². The van der Waals surface area contributed by atoms with E-state index in [1.54, 1.807) is 0 Å². The van der Waals surface area contributed by atoms with Crippen molar-refractivity contribution >= 4 is 0 Å². The van der Waals surface area contributed by atoms with E-state index in [0.717, 1.165) is 19.1 Å². The molecule has 0 aliphatic heterocycles. The minimum Gasteiger partial charge on any atom is -0.315 e. The van der Waals surface area contributed by atoms with E-state index in [2.05, 4.69) is 45.0 Å². The molecule has 1 unspecified atom stereocenters. The molecule has 0 saturated heterocycles. The molecule has 0 aromatic carbocycles. The summed E-state index contributed by atoms with van der Waals surface area (Å²) in [7, 11) is 2.27. The van der Waals surface area contributed by atoms with Crippen LogP contribution in [0.5, 0.6) is 0 Å². The first-order chi connectivity index (χ1) is 6.71. The molecule has 0 saturated carbocycles. The highest BCUT2D eigenvalue weighted by Gasteiger charge is 2.18. The summed E-state index contributed by atoms with van der Waals surface area (Å²) < 4.78 is 0. The lowest BCUT2D eigenvalue weighted by Crippen LogP contribution is -2.44. The van der Waals surface area contributed by atoms with Crippen LogP contribution >= 0.6 is 0 Å². The number of likely N-dealkylation sites (N-methyl/N-ethyl adjacent to an activating group) is 2. The molecule has 0 aliphatic carbocycles. The SMILES string of the molecule is CCNCC(CC)N(C)C(CC)CC. The lowest BCUT2D eigenvalue weighted by molar-refractivity contribution is 0.156. The van der Waals surface area contributed by atoms with Crippen molar-refractivity contribution < 1.29 is 0 Å². The van der Waals surface area contributed by atoms with E-state index in [9.17, 15) is 0 Å². The molecule has 0 fully saturated rings. The fraction of sp³-hybridized carbons (Fsp3) is 1.00. The number of hydrogen-bond acceptors (Lipinski definition) is 2. The maximum absolute atomic E-state index is 3.44. The monoisotopic (exact) mass is 200 g/mol. The molecule has 0 radical (unpaired) electrons. The van der Waals surface area contributed by atoms with Crippen molar-refractivity contribution in [2.45, 2.75) is 59.0 Å². The van der Waals surface area contributed by atoms with Crippen molar-refractivity contribution in [1.82, 2.24) is 10.2 Å². The molecule has 86 valence electrons. The van der Waals surface area contributed by atoms with Crippen LogP contribution in [0.2, 0.25) is 0 Å². The molecule has 0 aromatic heterocycles. The number of rotatable bonds is 8. The van der Waals surface area contributed by atoms with Gasteiger partial charge in [-0.1, -0.05) is 27.7 Å². The third-order valence-electron chi connectivity index (χ3n) is 3.20. The van der Waals surface area contributed by atoms with Crippen LogP contribution < -0.4 is 5.32 Å². The summed E-state index contributed by atoms with van der Waals surface area (Å²) in [6.07, 6.45) is 3.76. The van der Waals surface area contributed by atoms with Gasteiger partial charge in [0, 0.05) is 18.6 Å². The molecule has 0 spiro atoms. The summed E-state index contributed by atoms with van der Waals surface area (Å²) in [6, 6.07) is 1.44. The van der Waals surface area contributed by atoms with Crippen LogP contribution in [0, 0.1) is 0 Å². The van der Waals surface area contributed by atoms with Gasteiger partial charge in [0.15, 0.2) is 0 Å². The van der Waals surface area contributed by atoms with Crippen LogP contribution in [0.1, 0.15) is 47.0 Å². The van der Waals surface area contributed by atoms with Crippen molar-refractivity contribution in [1.29, 1.82) is 0 Å². The van der Waals surface area contributed by atoms with Crippen molar-refractivity contribution in [2.24, 2.45) is 0 Å². The summed E-state index contributed by atoms with van der Waals surface area (Å²) in [5, 5.41) is 3.44. The van der Waals surface area contributed by atoms with E-state index in [0.29, 0.717) is 6.04 Å². The average molecular weight is 200 g/mol. The molecule has 0 aliphatic rings. The predicted molar refractivity (Wildman–Crippen MR) is 64.8 cm³/mol. The zero-order valence-electron chi connectivity index (χ0n) is 10.6. The Morgan fingerprint density at radius 2 is 1.43 bits per heavy atom. The fourth-order valence-electron chi connectivity index (χ4n) is 2.05. The highest BCUT2D eigenvalue weighted by Crippen LogP contribution is 2.11. The Balaban J connectivity index is 4.06. The van der Waals surface area contributed by atoms with Gasteiger partial charge in [-0.3, -0.25) is 4.90 Å². The van der Waals surface area contributed by atoms with E-state index < -0.39 is 0 Å². The summed E-state index contributed by atoms with van der Waals surface area (Å²) in [5.74, 6) is 0. The molecule has 0 bridgehead atoms. The third kappa shape index (κ3) is 4.43. The maximum atomic E-state index is 3.44. The van der Waals surface area contributed by atoms with E-state index in [-0.39, 0.29) is 0 Å². The van der Waals surface area contributed by atoms with Crippen molar-refractivity contribution in [2.75, 3.05) is 20.1 Å². The Morgan fingerprint density at radius 1 is 0.929 bits per heavy atom. The average Bonchev–Trinajstić information content (AvgIpc) is 2.21. The largest absolute Gasteiger partial charge is 0.315 e. The molecule has 2 nitrogen and oxygen atoms in total. The first-order valence-electron chi connectivity index (χ1n) is 6.13. The molecule has 0 aromatic rings. The van der Waals surface area contributed by atoms with Gasteiger partial charge in [0.05, 0.1) is 0 Å². The van der Waals surface area contributed by atoms with E-state index >= 15 is 0 Å². The second-order valence-electron chi connectivity index (χ2n) is 4.01. The van der Waals surface area contributed by atoms with Gasteiger partial charge in [-0.15, -0.1) is 0 Å². The van der Waals surface area contributed by atoms with Gasteiger partial charge in [-0.25, -0.2) is 0 Å². The molecular weight excluding hydrogens is 172 g/mol. The lowest BCUT2D eigenvalue weighted by Gasteiger charge is -2.33. The highest BCUT2D eigenvalue weighted by atomic mass is 15.2. The van der Waals surface area contributed by atoms with Gasteiger partial charge in [0.1, 0.15) is 0 Å². The third-order valence-corrected chi connectivity index (χ3v) is 3.20. The molecular formula is C12H28N2. The first-order valence-corrected chi connectivity index (χ1v) is 6.13. The summed E-state index contributed by atoms with van der Waals surface area (Å²) in [6.45, 7) is 11.2. The number of hydrogen-bond donors (Lipinski definition) is 1. The van der Waals surface area contributed by atoms with E-state index in [4.69, 9.17) is 0 Å². The van der Waals surface area contributed by atoms with Gasteiger partial charge in [-0.2, -0.15) is 0 Å². The van der Waals surface area contributed by atoms with Crippen LogP contribution in [-0.2, 0) is 0 Å². The van der Waals surface area contributed by atoms with Gasteiger partial charge >= 0.3 is 0 Å². The van der Waals surface area contributed by atoms with Gasteiger partial charge in [0.25, 0.3) is 0 Å². The van der Waals surface area contributed by atoms with Crippen LogP contribution in [0.3, 0.4) is 0 Å². The standard InChI is InChI=1S/C12H28N2/c1-6-11(7-2)14(5)12(8-3)10-13-9-4/h11-13H,6-10H2,1-5H3. The second-order valence-corrected chi connectivity index (χ2v) is 4.01. The van der Waals surface area contributed by atoms with E-state index in [1.165, 1.54) is 19.3 Å². The molecule has 2 heteroatoms.